The Hall–Kier alpha value is -2.84. The van der Waals surface area contributed by atoms with Gasteiger partial charge in [-0.15, -0.1) is 0 Å². The molecule has 2 rings (SSSR count). The van der Waals surface area contributed by atoms with E-state index in [0.717, 1.165) is 16.5 Å². The van der Waals surface area contributed by atoms with Crippen LogP contribution in [0.1, 0.15) is 38.8 Å². The summed E-state index contributed by atoms with van der Waals surface area (Å²) in [6.07, 6.45) is 2.07. The van der Waals surface area contributed by atoms with E-state index in [2.05, 4.69) is 10.0 Å². The Bertz CT molecular complexity index is 1020. The molecule has 0 saturated carbocycles. The minimum absolute atomic E-state index is 0.222. The second-order valence-electron chi connectivity index (χ2n) is 7.79. The van der Waals surface area contributed by atoms with E-state index in [1.54, 1.807) is 26.0 Å². The summed E-state index contributed by atoms with van der Waals surface area (Å²) in [5.74, 6) is 0.767. The number of ether oxygens (including phenoxy) is 2. The van der Waals surface area contributed by atoms with Crippen molar-refractivity contribution in [1.29, 1.82) is 0 Å². The van der Waals surface area contributed by atoms with Crippen LogP contribution in [0.4, 0.5) is 0 Å². The number of hydrogen-bond donors (Lipinski definition) is 2. The Balaban J connectivity index is 1.97. The predicted molar refractivity (Wildman–Crippen MR) is 132 cm³/mol. The van der Waals surface area contributed by atoms with Gasteiger partial charge in [0.25, 0.3) is 0 Å². The summed E-state index contributed by atoms with van der Waals surface area (Å²) >= 11 is 0. The molecule has 0 heterocycles. The molecule has 0 saturated heterocycles. The molecule has 2 N–H and O–H groups in total. The van der Waals surface area contributed by atoms with Crippen LogP contribution in [0.2, 0.25) is 0 Å². The summed E-state index contributed by atoms with van der Waals surface area (Å²) in [5, 5.41) is 3.92. The second kappa shape index (κ2) is 13.0. The van der Waals surface area contributed by atoms with Crippen LogP contribution >= 0.6 is 0 Å². The highest BCUT2D eigenvalue weighted by atomic mass is 32.2. The van der Waals surface area contributed by atoms with Crippen LogP contribution in [0.25, 0.3) is 6.08 Å². The third-order valence-corrected chi connectivity index (χ3v) is 5.88. The molecule has 0 unspecified atom stereocenters. The summed E-state index contributed by atoms with van der Waals surface area (Å²) in [7, 11) is -3.79. The Morgan fingerprint density at radius 1 is 1.00 bits per heavy atom. The Labute approximate surface area is 197 Å². The molecule has 7 nitrogen and oxygen atoms in total. The van der Waals surface area contributed by atoms with Crippen LogP contribution in [0, 0.1) is 5.92 Å². The quantitative estimate of drug-likeness (QED) is 0.461. The average molecular weight is 475 g/mol. The number of hydrogen-bond acceptors (Lipinski definition) is 5. The Morgan fingerprint density at radius 2 is 1.67 bits per heavy atom. The lowest BCUT2D eigenvalue weighted by molar-refractivity contribution is -0.123. The minimum atomic E-state index is -3.79. The van der Waals surface area contributed by atoms with Gasteiger partial charge in [-0.1, -0.05) is 50.2 Å². The molecule has 0 aliphatic heterocycles. The molecule has 1 amide bonds. The van der Waals surface area contributed by atoms with Gasteiger partial charge in [0, 0.05) is 12.0 Å². The largest absolute Gasteiger partial charge is 0.490 e. The zero-order valence-electron chi connectivity index (χ0n) is 19.7. The lowest BCUT2D eigenvalue weighted by Gasteiger charge is -2.21. The molecular formula is C25H34N2O5S. The molecule has 0 spiro atoms. The SMILES string of the molecule is CCOc1ccc(CCNC(=O)[C@@H](NS(=O)(=O)/C=C/c2ccccc2)C(C)C)cc1OCC. The molecule has 0 bridgehead atoms. The first-order valence-corrected chi connectivity index (χ1v) is 12.7. The summed E-state index contributed by atoms with van der Waals surface area (Å²) in [4.78, 5) is 12.7. The van der Waals surface area contributed by atoms with Crippen LogP contribution in [0.5, 0.6) is 11.5 Å². The van der Waals surface area contributed by atoms with Crippen molar-refractivity contribution in [2.24, 2.45) is 5.92 Å². The van der Waals surface area contributed by atoms with Gasteiger partial charge in [0.1, 0.15) is 6.04 Å². The zero-order chi connectivity index (χ0) is 24.3. The molecule has 0 fully saturated rings. The molecule has 2 aromatic carbocycles. The summed E-state index contributed by atoms with van der Waals surface area (Å²) in [6.45, 7) is 8.85. The molecule has 1 atom stereocenters. The molecular weight excluding hydrogens is 440 g/mol. The van der Waals surface area contributed by atoms with Crippen molar-refractivity contribution >= 4 is 22.0 Å². The first-order chi connectivity index (χ1) is 15.8. The van der Waals surface area contributed by atoms with Gasteiger partial charge in [0.15, 0.2) is 11.5 Å². The fourth-order valence-corrected chi connectivity index (χ4v) is 4.28. The number of nitrogens with one attached hydrogen (secondary N) is 2. The van der Waals surface area contributed by atoms with Crippen molar-refractivity contribution in [2.45, 2.75) is 40.2 Å². The number of sulfonamides is 1. The van der Waals surface area contributed by atoms with E-state index >= 15 is 0 Å². The van der Waals surface area contributed by atoms with Crippen molar-refractivity contribution in [3.05, 3.63) is 65.1 Å². The van der Waals surface area contributed by atoms with E-state index in [4.69, 9.17) is 9.47 Å². The van der Waals surface area contributed by atoms with Crippen LogP contribution in [-0.4, -0.2) is 40.1 Å². The second-order valence-corrected chi connectivity index (χ2v) is 9.38. The highest BCUT2D eigenvalue weighted by molar-refractivity contribution is 7.92. The third kappa shape index (κ3) is 8.90. The van der Waals surface area contributed by atoms with Crippen molar-refractivity contribution in [3.63, 3.8) is 0 Å². The van der Waals surface area contributed by atoms with Crippen molar-refractivity contribution in [3.8, 4) is 11.5 Å². The zero-order valence-corrected chi connectivity index (χ0v) is 20.5. The van der Waals surface area contributed by atoms with Crippen LogP contribution < -0.4 is 19.5 Å². The number of carbonyl (C=O) groups excluding carboxylic acids is 1. The summed E-state index contributed by atoms with van der Waals surface area (Å²) < 4.78 is 38.7. The smallest absolute Gasteiger partial charge is 0.238 e. The van der Waals surface area contributed by atoms with Gasteiger partial charge in [-0.3, -0.25) is 4.79 Å². The van der Waals surface area contributed by atoms with Crippen molar-refractivity contribution in [1.82, 2.24) is 10.0 Å². The van der Waals surface area contributed by atoms with Crippen LogP contribution in [0.3, 0.4) is 0 Å². The fourth-order valence-electron chi connectivity index (χ4n) is 3.13. The van der Waals surface area contributed by atoms with Crippen LogP contribution in [-0.2, 0) is 21.2 Å². The summed E-state index contributed by atoms with van der Waals surface area (Å²) in [5.41, 5.74) is 1.74. The van der Waals surface area contributed by atoms with E-state index in [9.17, 15) is 13.2 Å². The van der Waals surface area contributed by atoms with E-state index in [1.165, 1.54) is 6.08 Å². The maximum absolute atomic E-state index is 12.7. The molecule has 0 radical (unpaired) electrons. The predicted octanol–water partition coefficient (Wildman–Crippen LogP) is 3.76. The maximum Gasteiger partial charge on any atom is 0.238 e. The number of carbonyl (C=O) groups is 1. The Kier molecular flexibility index (Phi) is 10.4. The van der Waals surface area contributed by atoms with Gasteiger partial charge in [0.2, 0.25) is 15.9 Å². The van der Waals surface area contributed by atoms with Gasteiger partial charge in [-0.2, -0.15) is 4.72 Å². The van der Waals surface area contributed by atoms with Crippen LogP contribution in [0.15, 0.2) is 53.9 Å². The first-order valence-electron chi connectivity index (χ1n) is 11.2. The summed E-state index contributed by atoms with van der Waals surface area (Å²) in [6, 6.07) is 13.9. The normalized spacial score (nSPS) is 12.6. The molecule has 2 aromatic rings. The number of amides is 1. The maximum atomic E-state index is 12.7. The number of rotatable bonds is 13. The van der Waals surface area contributed by atoms with E-state index < -0.39 is 16.1 Å². The molecule has 0 aromatic heterocycles. The van der Waals surface area contributed by atoms with Gasteiger partial charge in [-0.05, 0) is 55.5 Å². The van der Waals surface area contributed by atoms with Crippen molar-refractivity contribution < 1.29 is 22.7 Å². The third-order valence-electron chi connectivity index (χ3n) is 4.80. The molecule has 180 valence electrons. The number of benzene rings is 2. The highest BCUT2D eigenvalue weighted by Crippen LogP contribution is 2.28. The van der Waals surface area contributed by atoms with E-state index in [0.29, 0.717) is 37.7 Å². The van der Waals surface area contributed by atoms with E-state index in [-0.39, 0.29) is 11.8 Å². The molecule has 33 heavy (non-hydrogen) atoms. The standard InChI is InChI=1S/C25H34N2O5S/c1-5-31-22-13-12-21(18-23(22)32-6-2)14-16-26-25(28)24(19(3)4)27-33(29,30)17-15-20-10-8-7-9-11-20/h7-13,15,17-19,24,27H,5-6,14,16H2,1-4H3,(H,26,28)/b17-15+/t24-/m0/s1. The monoisotopic (exact) mass is 474 g/mol. The average Bonchev–Trinajstić information content (AvgIpc) is 2.78. The molecule has 0 aliphatic rings. The minimum Gasteiger partial charge on any atom is -0.490 e. The lowest BCUT2D eigenvalue weighted by Crippen LogP contribution is -2.49. The lowest BCUT2D eigenvalue weighted by atomic mass is 10.0. The van der Waals surface area contributed by atoms with Gasteiger partial charge >= 0.3 is 0 Å². The first kappa shape index (κ1) is 26.4. The van der Waals surface area contributed by atoms with Gasteiger partial charge < -0.3 is 14.8 Å². The molecule has 8 heteroatoms. The van der Waals surface area contributed by atoms with E-state index in [1.807, 2.05) is 50.2 Å². The van der Waals surface area contributed by atoms with Gasteiger partial charge in [-0.25, -0.2) is 8.42 Å². The Morgan fingerprint density at radius 3 is 2.30 bits per heavy atom. The van der Waals surface area contributed by atoms with Crippen molar-refractivity contribution in [2.75, 3.05) is 19.8 Å². The molecule has 0 aliphatic carbocycles. The highest BCUT2D eigenvalue weighted by Gasteiger charge is 2.26. The fraction of sp³-hybridized carbons (Fsp3) is 0.400. The van der Waals surface area contributed by atoms with Gasteiger partial charge in [0.05, 0.1) is 13.2 Å². The topological polar surface area (TPSA) is 93.7 Å².